The molecule has 2 N–H and O–H groups in total. The number of aryl methyl sites for hydroxylation is 1. The molecule has 1 saturated heterocycles. The number of furan rings is 1. The van der Waals surface area contributed by atoms with E-state index in [-0.39, 0.29) is 24.0 Å². The third kappa shape index (κ3) is 4.36. The van der Waals surface area contributed by atoms with E-state index in [0.717, 1.165) is 18.6 Å². The van der Waals surface area contributed by atoms with Gasteiger partial charge in [0.2, 0.25) is 15.9 Å². The first-order valence-electron chi connectivity index (χ1n) is 6.24. The normalized spacial score (nSPS) is 20.2. The third-order valence-corrected chi connectivity index (χ3v) is 4.13. The zero-order valence-electron chi connectivity index (χ0n) is 10.6. The number of nitrogens with zero attached hydrogens (tertiary/aromatic N) is 1. The summed E-state index contributed by atoms with van der Waals surface area (Å²) >= 11 is 0. The fourth-order valence-electron chi connectivity index (χ4n) is 2.41. The minimum Gasteiger partial charge on any atom is -0.469 e. The van der Waals surface area contributed by atoms with Crippen LogP contribution in [0.3, 0.4) is 0 Å². The second-order valence-electron chi connectivity index (χ2n) is 4.92. The first-order chi connectivity index (χ1) is 8.94. The number of carbonyl (C=O) groups is 1. The zero-order chi connectivity index (χ0) is 13.9. The summed E-state index contributed by atoms with van der Waals surface area (Å²) < 4.78 is 27.2. The molecule has 2 rings (SSSR count). The minimum atomic E-state index is -3.50. The van der Waals surface area contributed by atoms with Gasteiger partial charge in [0, 0.05) is 31.8 Å². The Balaban J connectivity index is 1.77. The molecule has 0 radical (unpaired) electrons. The van der Waals surface area contributed by atoms with Crippen molar-refractivity contribution in [2.75, 3.05) is 18.8 Å². The summed E-state index contributed by atoms with van der Waals surface area (Å²) in [5.74, 6) is 0.611. The number of rotatable bonds is 6. The van der Waals surface area contributed by atoms with Crippen LogP contribution in [0.15, 0.2) is 22.8 Å². The Morgan fingerprint density at radius 3 is 2.89 bits per heavy atom. The molecule has 106 valence electrons. The molecule has 1 aromatic rings. The van der Waals surface area contributed by atoms with E-state index in [1.807, 2.05) is 12.1 Å². The maximum absolute atomic E-state index is 11.7. The van der Waals surface area contributed by atoms with Crippen LogP contribution in [0.4, 0.5) is 0 Å². The van der Waals surface area contributed by atoms with Gasteiger partial charge >= 0.3 is 0 Å². The molecular formula is C12H18N2O4S. The van der Waals surface area contributed by atoms with Gasteiger partial charge in [0.15, 0.2) is 0 Å². The first-order valence-corrected chi connectivity index (χ1v) is 7.96. The van der Waals surface area contributed by atoms with Crippen molar-refractivity contribution in [2.45, 2.75) is 19.3 Å². The van der Waals surface area contributed by atoms with Gasteiger partial charge in [-0.05, 0) is 18.6 Å². The standard InChI is InChI=1S/C12H18N2O4S/c13-19(16,17)9-10-7-12(15)14(8-10)5-1-3-11-4-2-6-18-11/h2,4,6,10H,1,3,5,7-9H2,(H2,13,16,17). The molecule has 19 heavy (non-hydrogen) atoms. The number of likely N-dealkylation sites (tertiary alicyclic amines) is 1. The number of hydrogen-bond acceptors (Lipinski definition) is 4. The van der Waals surface area contributed by atoms with Crippen molar-refractivity contribution < 1.29 is 17.6 Å². The maximum Gasteiger partial charge on any atom is 0.222 e. The maximum atomic E-state index is 11.7. The molecule has 1 aromatic heterocycles. The molecular weight excluding hydrogens is 268 g/mol. The number of amides is 1. The van der Waals surface area contributed by atoms with Gasteiger partial charge in [0.25, 0.3) is 0 Å². The fourth-order valence-corrected chi connectivity index (χ4v) is 3.29. The van der Waals surface area contributed by atoms with Gasteiger partial charge in [0.05, 0.1) is 12.0 Å². The lowest BCUT2D eigenvalue weighted by molar-refractivity contribution is -0.127. The molecule has 0 aliphatic carbocycles. The van der Waals surface area contributed by atoms with Crippen LogP contribution in [0.25, 0.3) is 0 Å². The van der Waals surface area contributed by atoms with E-state index in [1.165, 1.54) is 0 Å². The minimum absolute atomic E-state index is 0.00750. The number of nitrogens with two attached hydrogens (primary N) is 1. The Labute approximate surface area is 112 Å². The van der Waals surface area contributed by atoms with Crippen LogP contribution in [0, 0.1) is 5.92 Å². The Morgan fingerprint density at radius 1 is 1.47 bits per heavy atom. The van der Waals surface area contributed by atoms with Crippen molar-refractivity contribution in [3.05, 3.63) is 24.2 Å². The van der Waals surface area contributed by atoms with Gasteiger partial charge in [-0.25, -0.2) is 13.6 Å². The molecule has 0 spiro atoms. The van der Waals surface area contributed by atoms with Crippen molar-refractivity contribution in [1.29, 1.82) is 0 Å². The molecule has 2 heterocycles. The molecule has 6 nitrogen and oxygen atoms in total. The number of sulfonamides is 1. The van der Waals surface area contributed by atoms with Crippen molar-refractivity contribution in [3.63, 3.8) is 0 Å². The largest absolute Gasteiger partial charge is 0.469 e. The molecule has 0 bridgehead atoms. The van der Waals surface area contributed by atoms with E-state index < -0.39 is 10.0 Å². The number of hydrogen-bond donors (Lipinski definition) is 1. The molecule has 0 aromatic carbocycles. The molecule has 0 saturated carbocycles. The molecule has 1 amide bonds. The highest BCUT2D eigenvalue weighted by molar-refractivity contribution is 7.89. The predicted molar refractivity (Wildman–Crippen MR) is 69.7 cm³/mol. The third-order valence-electron chi connectivity index (χ3n) is 3.19. The number of primary sulfonamides is 1. The second-order valence-corrected chi connectivity index (χ2v) is 6.58. The first kappa shape index (κ1) is 14.1. The van der Waals surface area contributed by atoms with Gasteiger partial charge in [-0.1, -0.05) is 0 Å². The van der Waals surface area contributed by atoms with Crippen LogP contribution in [0.1, 0.15) is 18.6 Å². The fraction of sp³-hybridized carbons (Fsp3) is 0.583. The van der Waals surface area contributed by atoms with Crippen LogP contribution < -0.4 is 5.14 Å². The highest BCUT2D eigenvalue weighted by Crippen LogP contribution is 2.19. The van der Waals surface area contributed by atoms with E-state index in [9.17, 15) is 13.2 Å². The smallest absolute Gasteiger partial charge is 0.222 e. The SMILES string of the molecule is NS(=O)(=O)CC1CC(=O)N(CCCc2ccco2)C1. The topological polar surface area (TPSA) is 93.6 Å². The lowest BCUT2D eigenvalue weighted by atomic mass is 10.1. The predicted octanol–water partition coefficient (Wildman–Crippen LogP) is 0.349. The van der Waals surface area contributed by atoms with E-state index in [0.29, 0.717) is 13.1 Å². The summed E-state index contributed by atoms with van der Waals surface area (Å²) in [6.45, 7) is 1.11. The van der Waals surface area contributed by atoms with Gasteiger partial charge in [-0.15, -0.1) is 0 Å². The van der Waals surface area contributed by atoms with Crippen LogP contribution in [-0.4, -0.2) is 38.1 Å². The molecule has 7 heteroatoms. The summed E-state index contributed by atoms with van der Waals surface area (Å²) in [7, 11) is -3.50. The summed E-state index contributed by atoms with van der Waals surface area (Å²) in [4.78, 5) is 13.4. The lowest BCUT2D eigenvalue weighted by Crippen LogP contribution is -2.28. The van der Waals surface area contributed by atoms with Gasteiger partial charge in [-0.2, -0.15) is 0 Å². The van der Waals surface area contributed by atoms with Crippen molar-refractivity contribution in [3.8, 4) is 0 Å². The average Bonchev–Trinajstić information content (AvgIpc) is 2.87. The summed E-state index contributed by atoms with van der Waals surface area (Å²) in [6.07, 6.45) is 3.48. The molecule has 1 unspecified atom stereocenters. The Bertz CT molecular complexity index is 524. The summed E-state index contributed by atoms with van der Waals surface area (Å²) in [5.41, 5.74) is 0. The van der Waals surface area contributed by atoms with Gasteiger partial charge < -0.3 is 9.32 Å². The lowest BCUT2D eigenvalue weighted by Gasteiger charge is -2.15. The number of carbonyl (C=O) groups excluding carboxylic acids is 1. The Morgan fingerprint density at radius 2 is 2.26 bits per heavy atom. The second kappa shape index (κ2) is 5.75. The molecule has 1 aliphatic heterocycles. The van der Waals surface area contributed by atoms with Crippen molar-refractivity contribution in [2.24, 2.45) is 11.1 Å². The van der Waals surface area contributed by atoms with E-state index in [2.05, 4.69) is 0 Å². The monoisotopic (exact) mass is 286 g/mol. The van der Waals surface area contributed by atoms with E-state index in [1.54, 1.807) is 11.2 Å². The molecule has 1 fully saturated rings. The quantitative estimate of drug-likeness (QED) is 0.816. The summed E-state index contributed by atoms with van der Waals surface area (Å²) in [6, 6.07) is 3.73. The van der Waals surface area contributed by atoms with Gasteiger partial charge in [0.1, 0.15) is 5.76 Å². The van der Waals surface area contributed by atoms with Crippen molar-refractivity contribution in [1.82, 2.24) is 4.90 Å². The molecule has 1 atom stereocenters. The van der Waals surface area contributed by atoms with Crippen LogP contribution in [-0.2, 0) is 21.2 Å². The summed E-state index contributed by atoms with van der Waals surface area (Å²) in [5, 5.41) is 5.00. The van der Waals surface area contributed by atoms with E-state index in [4.69, 9.17) is 9.56 Å². The molecule has 1 aliphatic rings. The van der Waals surface area contributed by atoms with Crippen molar-refractivity contribution >= 4 is 15.9 Å². The van der Waals surface area contributed by atoms with Crippen LogP contribution in [0.2, 0.25) is 0 Å². The van der Waals surface area contributed by atoms with Crippen LogP contribution in [0.5, 0.6) is 0 Å². The zero-order valence-corrected chi connectivity index (χ0v) is 11.4. The van der Waals surface area contributed by atoms with E-state index >= 15 is 0 Å². The van der Waals surface area contributed by atoms with Crippen LogP contribution >= 0.6 is 0 Å². The van der Waals surface area contributed by atoms with Gasteiger partial charge in [-0.3, -0.25) is 4.79 Å². The highest BCUT2D eigenvalue weighted by atomic mass is 32.2. The highest BCUT2D eigenvalue weighted by Gasteiger charge is 2.31. The Kier molecular flexibility index (Phi) is 4.26. The average molecular weight is 286 g/mol. The Hall–Kier alpha value is -1.34.